The van der Waals surface area contributed by atoms with E-state index in [-0.39, 0.29) is 12.1 Å². The zero-order chi connectivity index (χ0) is 19.0. The fourth-order valence-corrected chi connectivity index (χ4v) is 2.68. The third-order valence-corrected chi connectivity index (χ3v) is 4.00. The highest BCUT2D eigenvalue weighted by Crippen LogP contribution is 2.36. The van der Waals surface area contributed by atoms with Gasteiger partial charge < -0.3 is 5.11 Å². The highest BCUT2D eigenvalue weighted by Gasteiger charge is 2.37. The van der Waals surface area contributed by atoms with Gasteiger partial charge in [0, 0.05) is 26.7 Å². The molecule has 1 atom stereocenters. The van der Waals surface area contributed by atoms with E-state index in [1.807, 2.05) is 0 Å². The van der Waals surface area contributed by atoms with E-state index in [9.17, 15) is 31.4 Å². The zero-order valence-electron chi connectivity index (χ0n) is 13.5. The molecule has 9 heteroatoms. The van der Waals surface area contributed by atoms with Crippen molar-refractivity contribution in [2.75, 3.05) is 0 Å². The van der Waals surface area contributed by atoms with Crippen LogP contribution in [0.25, 0.3) is 0 Å². The molecule has 1 unspecified atom stereocenters. The molecule has 1 aromatic carbocycles. The lowest BCUT2D eigenvalue weighted by Crippen LogP contribution is -2.32. The fraction of sp³-hybridized carbons (Fsp3) is 0.500. The highest BCUT2D eigenvalue weighted by atomic mass is 19.4. The summed E-state index contributed by atoms with van der Waals surface area (Å²) in [5.41, 5.74) is -3.07. The monoisotopic (exact) mass is 366 g/mol. The molecule has 1 heterocycles. The van der Waals surface area contributed by atoms with Gasteiger partial charge in [-0.1, -0.05) is 4.68 Å². The Morgan fingerprint density at radius 1 is 1.08 bits per heavy atom. The van der Waals surface area contributed by atoms with E-state index in [1.54, 1.807) is 13.8 Å². The summed E-state index contributed by atoms with van der Waals surface area (Å²) in [7, 11) is 0. The Morgan fingerprint density at radius 2 is 1.60 bits per heavy atom. The van der Waals surface area contributed by atoms with E-state index in [0.29, 0.717) is 18.6 Å². The third kappa shape index (κ3) is 4.52. The van der Waals surface area contributed by atoms with Gasteiger partial charge in [0.2, 0.25) is 0 Å². The average molecular weight is 366 g/mol. The van der Waals surface area contributed by atoms with Crippen LogP contribution in [0.3, 0.4) is 0 Å². The van der Waals surface area contributed by atoms with E-state index >= 15 is 0 Å². The van der Waals surface area contributed by atoms with Gasteiger partial charge in [0.15, 0.2) is 11.8 Å². The van der Waals surface area contributed by atoms with Gasteiger partial charge in [-0.25, -0.2) is 0 Å². The van der Waals surface area contributed by atoms with Crippen molar-refractivity contribution >= 4 is 11.6 Å². The van der Waals surface area contributed by atoms with E-state index in [4.69, 9.17) is 0 Å². The van der Waals surface area contributed by atoms with Gasteiger partial charge in [0.25, 0.3) is 0 Å². The maximum Gasteiger partial charge on any atom is 0.416 e. The van der Waals surface area contributed by atoms with Crippen molar-refractivity contribution in [3.05, 3.63) is 34.9 Å². The number of alkyl halides is 6. The van der Waals surface area contributed by atoms with Gasteiger partial charge in [-0.3, -0.25) is 0 Å². The van der Waals surface area contributed by atoms with E-state index < -0.39 is 34.9 Å². The number of nitrogens with zero attached hydrogens (tertiary/aromatic N) is 2. The van der Waals surface area contributed by atoms with Gasteiger partial charge in [0.05, 0.1) is 17.0 Å². The first-order valence-corrected chi connectivity index (χ1v) is 7.56. The summed E-state index contributed by atoms with van der Waals surface area (Å²) in [5.74, 6) is -1.13. The first kappa shape index (κ1) is 19.3. The minimum atomic E-state index is -5.00. The second-order valence-electron chi connectivity index (χ2n) is 6.02. The fourth-order valence-electron chi connectivity index (χ4n) is 2.68. The maximum absolute atomic E-state index is 12.9. The lowest BCUT2D eigenvalue weighted by atomic mass is 10.0. The van der Waals surface area contributed by atoms with Crippen LogP contribution in [0.1, 0.15) is 49.8 Å². The first-order chi connectivity index (χ1) is 11.4. The van der Waals surface area contributed by atoms with Crippen LogP contribution in [0.4, 0.5) is 26.3 Å². The van der Waals surface area contributed by atoms with Crippen molar-refractivity contribution in [3.8, 4) is 0 Å². The van der Waals surface area contributed by atoms with E-state index in [1.165, 1.54) is 4.68 Å². The largest absolute Gasteiger partial charge is 0.854 e. The minimum Gasteiger partial charge on any atom is -0.854 e. The summed E-state index contributed by atoms with van der Waals surface area (Å²) in [6.45, 7) is 3.51. The minimum absolute atomic E-state index is 0.0162. The molecule has 0 bridgehead atoms. The van der Waals surface area contributed by atoms with Crippen LogP contribution in [0, 0.1) is 0 Å². The molecule has 0 fully saturated rings. The molecule has 1 aliphatic heterocycles. The standard InChI is InChI=1S/C16H16F6N2O/c1-9-4-3-5-10(2)24(9)23-14(25)11-6-12(15(17,18)19)8-13(7-11)16(20,21)22/h6-9H,3-5H2,1-2H3. The summed E-state index contributed by atoms with van der Waals surface area (Å²) in [5, 5.41) is 15.9. The van der Waals surface area contributed by atoms with Crippen molar-refractivity contribution in [1.29, 1.82) is 0 Å². The molecule has 0 amide bonds. The van der Waals surface area contributed by atoms with Crippen LogP contribution in [0.2, 0.25) is 0 Å². The predicted octanol–water partition coefficient (Wildman–Crippen LogP) is 3.79. The number of halogens is 6. The van der Waals surface area contributed by atoms with Crippen molar-refractivity contribution in [2.45, 2.75) is 51.5 Å². The summed E-state index contributed by atoms with van der Waals surface area (Å²) >= 11 is 0. The van der Waals surface area contributed by atoms with Crippen molar-refractivity contribution in [1.82, 2.24) is 0 Å². The Kier molecular flexibility index (Phi) is 5.15. The van der Waals surface area contributed by atoms with Gasteiger partial charge in [-0.15, -0.1) is 0 Å². The Balaban J connectivity index is 2.55. The van der Waals surface area contributed by atoms with Gasteiger partial charge in [-0.05, 0) is 35.3 Å². The molecule has 0 saturated carbocycles. The molecule has 3 nitrogen and oxygen atoms in total. The number of hydrogen-bond acceptors (Lipinski definition) is 2. The van der Waals surface area contributed by atoms with Crippen LogP contribution in [-0.4, -0.2) is 22.3 Å². The Morgan fingerprint density at radius 3 is 2.04 bits per heavy atom. The molecule has 0 aliphatic carbocycles. The molecule has 138 valence electrons. The second-order valence-corrected chi connectivity index (χ2v) is 6.02. The van der Waals surface area contributed by atoms with Crippen LogP contribution in [0.5, 0.6) is 0 Å². The number of hydrogen-bond donors (Lipinski definition) is 0. The first-order valence-electron chi connectivity index (χ1n) is 7.56. The summed E-state index contributed by atoms with van der Waals surface area (Å²) < 4.78 is 78.5. The maximum atomic E-state index is 12.9. The lowest BCUT2D eigenvalue weighted by molar-refractivity contribution is -0.577. The van der Waals surface area contributed by atoms with E-state index in [2.05, 4.69) is 5.10 Å². The molecule has 0 radical (unpaired) electrons. The topological polar surface area (TPSA) is 38.4 Å². The molecule has 1 aliphatic rings. The van der Waals surface area contributed by atoms with Gasteiger partial charge in [-0.2, -0.15) is 26.3 Å². The molecular formula is C16H16F6N2O. The Labute approximate surface area is 140 Å². The molecule has 0 spiro atoms. The van der Waals surface area contributed by atoms with Crippen molar-refractivity contribution in [2.24, 2.45) is 5.10 Å². The van der Waals surface area contributed by atoms with Crippen molar-refractivity contribution < 1.29 is 36.1 Å². The average Bonchev–Trinajstić information content (AvgIpc) is 2.48. The molecule has 2 rings (SSSR count). The quantitative estimate of drug-likeness (QED) is 0.340. The van der Waals surface area contributed by atoms with Gasteiger partial charge >= 0.3 is 12.4 Å². The normalized spacial score (nSPS) is 20.2. The molecule has 25 heavy (non-hydrogen) atoms. The van der Waals surface area contributed by atoms with Crippen LogP contribution < -0.4 is 5.11 Å². The summed E-state index contributed by atoms with van der Waals surface area (Å²) in [6, 6.07) is 0.624. The lowest BCUT2D eigenvalue weighted by Gasteiger charge is -2.18. The Bertz CT molecular complexity index is 686. The number of benzene rings is 1. The van der Waals surface area contributed by atoms with Crippen LogP contribution in [0.15, 0.2) is 23.3 Å². The summed E-state index contributed by atoms with van der Waals surface area (Å²) in [4.78, 5) is 0. The SMILES string of the molecule is CC1=[N+](/N=C(\[O-])c2cc(C(F)(F)F)cc(C(F)(F)F)c2)C(C)CCC1. The third-order valence-electron chi connectivity index (χ3n) is 4.00. The smallest absolute Gasteiger partial charge is 0.416 e. The molecule has 0 N–H and O–H groups in total. The highest BCUT2D eigenvalue weighted by molar-refractivity contribution is 5.91. The molecule has 1 aromatic rings. The number of hydrazone groups is 1. The van der Waals surface area contributed by atoms with E-state index in [0.717, 1.165) is 18.6 Å². The predicted molar refractivity (Wildman–Crippen MR) is 77.2 cm³/mol. The van der Waals surface area contributed by atoms with Gasteiger partial charge in [0.1, 0.15) is 0 Å². The molecular weight excluding hydrogens is 350 g/mol. The van der Waals surface area contributed by atoms with Crippen molar-refractivity contribution in [3.63, 3.8) is 0 Å². The van der Waals surface area contributed by atoms with Crippen LogP contribution in [-0.2, 0) is 12.4 Å². The number of rotatable bonds is 2. The molecule has 0 saturated heterocycles. The molecule has 0 aromatic heterocycles. The zero-order valence-corrected chi connectivity index (χ0v) is 13.5. The van der Waals surface area contributed by atoms with Crippen LogP contribution >= 0.6 is 0 Å². The Hall–Kier alpha value is -2.06. The second kappa shape index (κ2) is 6.68. The summed E-state index contributed by atoms with van der Waals surface area (Å²) in [6.07, 6.45) is -7.73.